The van der Waals surface area contributed by atoms with Gasteiger partial charge in [-0.2, -0.15) is 0 Å². The summed E-state index contributed by atoms with van der Waals surface area (Å²) >= 11 is 1.48. The van der Waals surface area contributed by atoms with Crippen molar-refractivity contribution in [3.8, 4) is 0 Å². The zero-order valence-corrected chi connectivity index (χ0v) is 11.8. The molecule has 1 aliphatic carbocycles. The van der Waals surface area contributed by atoms with Crippen LogP contribution in [0.1, 0.15) is 36.6 Å². The number of aliphatic carboxylic acids is 1. The molecule has 1 saturated carbocycles. The summed E-state index contributed by atoms with van der Waals surface area (Å²) in [5, 5.41) is 11.3. The molecule has 2 atom stereocenters. The van der Waals surface area contributed by atoms with E-state index >= 15 is 0 Å². The minimum Gasteiger partial charge on any atom is -0.479 e. The van der Waals surface area contributed by atoms with Gasteiger partial charge < -0.3 is 14.7 Å². The zero-order chi connectivity index (χ0) is 14.1. The van der Waals surface area contributed by atoms with E-state index in [1.807, 2.05) is 17.5 Å². The standard InChI is InChI=1S/C14H17NO4S/c16-11-8-19-13(14(17)18)12(10-6-3-7-20-10)15(11)9-4-1-2-5-9/h3,6-7,9,12-13H,1-2,4-5,8H2,(H,17,18). The molecule has 2 unspecified atom stereocenters. The average Bonchev–Trinajstić information content (AvgIpc) is 3.11. The maximum atomic E-state index is 12.3. The average molecular weight is 295 g/mol. The number of rotatable bonds is 3. The molecule has 1 aromatic heterocycles. The number of carbonyl (C=O) groups is 2. The van der Waals surface area contributed by atoms with E-state index in [9.17, 15) is 14.7 Å². The lowest BCUT2D eigenvalue weighted by molar-refractivity contribution is -0.176. The highest BCUT2D eigenvalue weighted by Crippen LogP contribution is 2.38. The van der Waals surface area contributed by atoms with Crippen LogP contribution >= 0.6 is 11.3 Å². The molecule has 1 amide bonds. The van der Waals surface area contributed by atoms with E-state index in [0.29, 0.717) is 0 Å². The molecule has 2 heterocycles. The molecule has 3 rings (SSSR count). The van der Waals surface area contributed by atoms with Crippen molar-refractivity contribution in [1.29, 1.82) is 0 Å². The molecule has 2 aliphatic rings. The van der Waals surface area contributed by atoms with Crippen molar-refractivity contribution in [3.63, 3.8) is 0 Å². The summed E-state index contributed by atoms with van der Waals surface area (Å²) in [4.78, 5) is 26.4. The molecule has 6 heteroatoms. The van der Waals surface area contributed by atoms with Gasteiger partial charge in [-0.1, -0.05) is 18.9 Å². The second kappa shape index (κ2) is 5.54. The number of carbonyl (C=O) groups excluding carboxylic acids is 1. The van der Waals surface area contributed by atoms with Gasteiger partial charge in [0.25, 0.3) is 0 Å². The molecule has 0 bridgehead atoms. The second-order valence-corrected chi connectivity index (χ2v) is 6.25. The van der Waals surface area contributed by atoms with Crippen LogP contribution in [0.2, 0.25) is 0 Å². The van der Waals surface area contributed by atoms with E-state index in [1.165, 1.54) is 11.3 Å². The van der Waals surface area contributed by atoms with Crippen LogP contribution in [0, 0.1) is 0 Å². The highest BCUT2D eigenvalue weighted by molar-refractivity contribution is 7.10. The molecule has 0 radical (unpaired) electrons. The van der Waals surface area contributed by atoms with Gasteiger partial charge >= 0.3 is 5.97 Å². The third kappa shape index (κ3) is 2.33. The number of carboxylic acids is 1. The first-order chi connectivity index (χ1) is 9.68. The fourth-order valence-corrected chi connectivity index (χ4v) is 4.04. The maximum absolute atomic E-state index is 12.3. The first kappa shape index (κ1) is 13.6. The van der Waals surface area contributed by atoms with E-state index in [2.05, 4.69) is 0 Å². The van der Waals surface area contributed by atoms with Gasteiger partial charge in [-0.15, -0.1) is 11.3 Å². The number of hydrogen-bond donors (Lipinski definition) is 1. The Morgan fingerprint density at radius 2 is 2.15 bits per heavy atom. The van der Waals surface area contributed by atoms with Crippen LogP contribution in [0.3, 0.4) is 0 Å². The van der Waals surface area contributed by atoms with Crippen LogP contribution in [0.5, 0.6) is 0 Å². The Hall–Kier alpha value is -1.40. The van der Waals surface area contributed by atoms with E-state index in [0.717, 1.165) is 30.6 Å². The summed E-state index contributed by atoms with van der Waals surface area (Å²) in [7, 11) is 0. The number of nitrogens with zero attached hydrogens (tertiary/aromatic N) is 1. The van der Waals surface area contributed by atoms with Crippen LogP contribution in [0.15, 0.2) is 17.5 Å². The quantitative estimate of drug-likeness (QED) is 0.926. The Morgan fingerprint density at radius 1 is 1.40 bits per heavy atom. The molecule has 0 spiro atoms. The second-order valence-electron chi connectivity index (χ2n) is 5.27. The van der Waals surface area contributed by atoms with Gasteiger partial charge in [0.05, 0.1) is 0 Å². The monoisotopic (exact) mass is 295 g/mol. The fraction of sp³-hybridized carbons (Fsp3) is 0.571. The molecule has 2 fully saturated rings. The van der Waals surface area contributed by atoms with Crippen molar-refractivity contribution in [1.82, 2.24) is 4.90 Å². The van der Waals surface area contributed by atoms with E-state index in [4.69, 9.17) is 4.74 Å². The van der Waals surface area contributed by atoms with Gasteiger partial charge in [0.1, 0.15) is 12.6 Å². The largest absolute Gasteiger partial charge is 0.479 e. The summed E-state index contributed by atoms with van der Waals surface area (Å²) in [5.41, 5.74) is 0. The van der Waals surface area contributed by atoms with Crippen LogP contribution in [-0.2, 0) is 14.3 Å². The normalized spacial score (nSPS) is 28.0. The van der Waals surface area contributed by atoms with E-state index in [1.54, 1.807) is 4.90 Å². The smallest absolute Gasteiger partial charge is 0.335 e. The number of thiophene rings is 1. The summed E-state index contributed by atoms with van der Waals surface area (Å²) in [5.74, 6) is -1.09. The van der Waals surface area contributed by atoms with Crippen LogP contribution in [0.4, 0.5) is 0 Å². The van der Waals surface area contributed by atoms with Gasteiger partial charge in [-0.05, 0) is 24.3 Å². The van der Waals surface area contributed by atoms with Gasteiger partial charge in [-0.25, -0.2) is 4.79 Å². The van der Waals surface area contributed by atoms with Gasteiger partial charge in [-0.3, -0.25) is 4.79 Å². The third-order valence-electron chi connectivity index (χ3n) is 4.06. The first-order valence-electron chi connectivity index (χ1n) is 6.87. The summed E-state index contributed by atoms with van der Waals surface area (Å²) in [6.45, 7) is -0.130. The lowest BCUT2D eigenvalue weighted by Crippen LogP contribution is -2.54. The SMILES string of the molecule is O=C(O)C1OCC(=O)N(C2CCCC2)C1c1cccs1. The van der Waals surface area contributed by atoms with E-state index in [-0.39, 0.29) is 18.6 Å². The number of carboxylic acid groups (broad SMARTS) is 1. The first-order valence-corrected chi connectivity index (χ1v) is 7.75. The van der Waals surface area contributed by atoms with Crippen LogP contribution in [0.25, 0.3) is 0 Å². The maximum Gasteiger partial charge on any atom is 0.335 e. The summed E-state index contributed by atoms with van der Waals surface area (Å²) < 4.78 is 5.29. The molecule has 1 N–H and O–H groups in total. The highest BCUT2D eigenvalue weighted by Gasteiger charge is 2.45. The van der Waals surface area contributed by atoms with E-state index < -0.39 is 18.1 Å². The predicted molar refractivity (Wildman–Crippen MR) is 73.5 cm³/mol. The number of amides is 1. The molecule has 0 aromatic carbocycles. The number of hydrogen-bond acceptors (Lipinski definition) is 4. The Balaban J connectivity index is 1.97. The number of morpholine rings is 1. The minimum atomic E-state index is -1.00. The van der Waals surface area contributed by atoms with Crippen LogP contribution < -0.4 is 0 Å². The van der Waals surface area contributed by atoms with Crippen LogP contribution in [-0.4, -0.2) is 40.6 Å². The number of ether oxygens (including phenoxy) is 1. The summed E-state index contributed by atoms with van der Waals surface area (Å²) in [6, 6.07) is 3.43. The topological polar surface area (TPSA) is 66.8 Å². The third-order valence-corrected chi connectivity index (χ3v) is 5.00. The zero-order valence-electron chi connectivity index (χ0n) is 11.0. The minimum absolute atomic E-state index is 0.0900. The van der Waals surface area contributed by atoms with Crippen molar-refractivity contribution in [2.75, 3.05) is 6.61 Å². The molecular weight excluding hydrogens is 278 g/mol. The lowest BCUT2D eigenvalue weighted by atomic mass is 10.0. The highest BCUT2D eigenvalue weighted by atomic mass is 32.1. The van der Waals surface area contributed by atoms with Gasteiger partial charge in [0, 0.05) is 10.9 Å². The fourth-order valence-electron chi connectivity index (χ4n) is 3.19. The van der Waals surface area contributed by atoms with Crippen molar-refractivity contribution in [3.05, 3.63) is 22.4 Å². The molecule has 1 aliphatic heterocycles. The van der Waals surface area contributed by atoms with Crippen molar-refractivity contribution >= 4 is 23.2 Å². The molecule has 108 valence electrons. The molecular formula is C14H17NO4S. The molecule has 20 heavy (non-hydrogen) atoms. The van der Waals surface area contributed by atoms with Crippen molar-refractivity contribution in [2.24, 2.45) is 0 Å². The molecule has 5 nitrogen and oxygen atoms in total. The Kier molecular flexibility index (Phi) is 3.76. The predicted octanol–water partition coefficient (Wildman–Crippen LogP) is 2.04. The lowest BCUT2D eigenvalue weighted by Gasteiger charge is -2.42. The Bertz CT molecular complexity index is 495. The van der Waals surface area contributed by atoms with Crippen molar-refractivity contribution in [2.45, 2.75) is 43.9 Å². The Labute approximate surface area is 121 Å². The molecule has 1 aromatic rings. The summed E-state index contributed by atoms with van der Waals surface area (Å²) in [6.07, 6.45) is 3.15. The Morgan fingerprint density at radius 3 is 2.75 bits per heavy atom. The van der Waals surface area contributed by atoms with Gasteiger partial charge in [0.15, 0.2) is 6.10 Å². The van der Waals surface area contributed by atoms with Gasteiger partial charge in [0.2, 0.25) is 5.91 Å². The van der Waals surface area contributed by atoms with Crippen molar-refractivity contribution < 1.29 is 19.4 Å². The molecule has 1 saturated heterocycles.